The van der Waals surface area contributed by atoms with E-state index in [0.717, 1.165) is 17.1 Å². The minimum Gasteiger partial charge on any atom is -0.368 e. The predicted octanol–water partition coefficient (Wildman–Crippen LogP) is 1.42. The summed E-state index contributed by atoms with van der Waals surface area (Å²) >= 11 is 0. The monoisotopic (exact) mass is 272 g/mol. The summed E-state index contributed by atoms with van der Waals surface area (Å²) in [4.78, 5) is 22.4. The van der Waals surface area contributed by atoms with Crippen molar-refractivity contribution >= 4 is 17.3 Å². The molecule has 0 saturated heterocycles. The number of aromatic nitrogens is 1. The first-order valence-electron chi connectivity index (χ1n) is 6.72. The Morgan fingerprint density at radius 1 is 1.40 bits per heavy atom. The molecular formula is C15H20N4O. The van der Waals surface area contributed by atoms with Gasteiger partial charge in [-0.1, -0.05) is 0 Å². The Morgan fingerprint density at radius 3 is 2.75 bits per heavy atom. The quantitative estimate of drug-likeness (QED) is 0.881. The van der Waals surface area contributed by atoms with E-state index in [-0.39, 0.29) is 5.78 Å². The van der Waals surface area contributed by atoms with Crippen molar-refractivity contribution in [3.8, 4) is 0 Å². The highest BCUT2D eigenvalue weighted by molar-refractivity contribution is 6.08. The molecule has 5 nitrogen and oxygen atoms in total. The minimum absolute atomic E-state index is 0.105. The van der Waals surface area contributed by atoms with Crippen molar-refractivity contribution in [2.75, 3.05) is 25.0 Å². The number of hydrogen-bond donors (Lipinski definition) is 1. The Bertz CT molecular complexity index is 534. The smallest absolute Gasteiger partial charge is 0.180 e. The van der Waals surface area contributed by atoms with Gasteiger partial charge in [0, 0.05) is 36.7 Å². The van der Waals surface area contributed by atoms with Crippen molar-refractivity contribution in [2.45, 2.75) is 19.9 Å². The molecule has 2 heterocycles. The van der Waals surface area contributed by atoms with Crippen LogP contribution in [0.25, 0.3) is 0 Å². The first-order chi connectivity index (χ1) is 9.56. The molecule has 0 saturated carbocycles. The van der Waals surface area contributed by atoms with Gasteiger partial charge in [-0.25, -0.2) is 0 Å². The third-order valence-corrected chi connectivity index (χ3v) is 3.01. The second-order valence-corrected chi connectivity index (χ2v) is 5.15. The molecule has 0 bridgehead atoms. The van der Waals surface area contributed by atoms with Gasteiger partial charge in [0.1, 0.15) is 5.84 Å². The van der Waals surface area contributed by atoms with Crippen LogP contribution >= 0.6 is 0 Å². The molecule has 1 N–H and O–H groups in total. The molecule has 0 aliphatic carbocycles. The summed E-state index contributed by atoms with van der Waals surface area (Å²) in [5.41, 5.74) is 1.74. The second kappa shape index (κ2) is 6.32. The van der Waals surface area contributed by atoms with Gasteiger partial charge in [-0.3, -0.25) is 14.8 Å². The molecule has 0 unspecified atom stereocenters. The SMILES string of the molecule is CC(C)NC1=NCC(C(=O)CN(C)c2ccncc2)=C1. The second-order valence-electron chi connectivity index (χ2n) is 5.15. The lowest BCUT2D eigenvalue weighted by atomic mass is 10.1. The fourth-order valence-corrected chi connectivity index (χ4v) is 1.99. The van der Waals surface area contributed by atoms with Gasteiger partial charge >= 0.3 is 0 Å². The highest BCUT2D eigenvalue weighted by atomic mass is 16.1. The number of nitrogens with one attached hydrogen (secondary N) is 1. The standard InChI is InChI=1S/C15H20N4O/c1-11(2)18-15-8-12(9-17-15)14(20)10-19(3)13-4-6-16-7-5-13/h4-8,11H,9-10H2,1-3H3,(H,17,18). The normalized spacial score (nSPS) is 14.0. The van der Waals surface area contributed by atoms with E-state index in [0.29, 0.717) is 19.1 Å². The van der Waals surface area contributed by atoms with Crippen molar-refractivity contribution in [1.82, 2.24) is 10.3 Å². The molecule has 5 heteroatoms. The minimum atomic E-state index is 0.105. The molecule has 0 spiro atoms. The maximum absolute atomic E-state index is 12.2. The van der Waals surface area contributed by atoms with Gasteiger partial charge in [0.25, 0.3) is 0 Å². The number of ketones is 1. The van der Waals surface area contributed by atoms with E-state index in [9.17, 15) is 4.79 Å². The van der Waals surface area contributed by atoms with Gasteiger partial charge in [-0.05, 0) is 32.1 Å². The number of carbonyl (C=O) groups excluding carboxylic acids is 1. The fraction of sp³-hybridized carbons (Fsp3) is 0.400. The van der Waals surface area contributed by atoms with E-state index in [1.54, 1.807) is 12.4 Å². The summed E-state index contributed by atoms with van der Waals surface area (Å²) in [5, 5.41) is 3.21. The van der Waals surface area contributed by atoms with Gasteiger partial charge in [-0.2, -0.15) is 0 Å². The van der Waals surface area contributed by atoms with Crippen LogP contribution in [0.3, 0.4) is 0 Å². The van der Waals surface area contributed by atoms with Crippen molar-refractivity contribution in [1.29, 1.82) is 0 Å². The molecule has 0 radical (unpaired) electrons. The number of anilines is 1. The number of pyridine rings is 1. The molecule has 1 aliphatic heterocycles. The van der Waals surface area contributed by atoms with Crippen LogP contribution in [-0.4, -0.2) is 42.8 Å². The highest BCUT2D eigenvalue weighted by Gasteiger charge is 2.17. The zero-order chi connectivity index (χ0) is 14.5. The molecule has 20 heavy (non-hydrogen) atoms. The van der Waals surface area contributed by atoms with Gasteiger partial charge in [0.05, 0.1) is 13.1 Å². The van der Waals surface area contributed by atoms with Crippen LogP contribution in [0, 0.1) is 0 Å². The Hall–Kier alpha value is -2.17. The summed E-state index contributed by atoms with van der Waals surface area (Å²) < 4.78 is 0. The third kappa shape index (κ3) is 3.66. The maximum Gasteiger partial charge on any atom is 0.180 e. The average molecular weight is 272 g/mol. The van der Waals surface area contributed by atoms with Crippen LogP contribution in [0.15, 0.2) is 41.2 Å². The van der Waals surface area contributed by atoms with Crippen LogP contribution in [0.5, 0.6) is 0 Å². The predicted molar refractivity (Wildman–Crippen MR) is 81.2 cm³/mol. The van der Waals surface area contributed by atoms with E-state index in [2.05, 4.69) is 15.3 Å². The lowest BCUT2D eigenvalue weighted by Gasteiger charge is -2.18. The maximum atomic E-state index is 12.2. The first kappa shape index (κ1) is 14.2. The van der Waals surface area contributed by atoms with E-state index in [4.69, 9.17) is 0 Å². The summed E-state index contributed by atoms with van der Waals surface area (Å²) in [6.45, 7) is 4.92. The summed E-state index contributed by atoms with van der Waals surface area (Å²) in [6.07, 6.45) is 5.29. The van der Waals surface area contributed by atoms with Gasteiger partial charge in [0.15, 0.2) is 5.78 Å². The van der Waals surface area contributed by atoms with Crippen molar-refractivity contribution in [2.24, 2.45) is 4.99 Å². The highest BCUT2D eigenvalue weighted by Crippen LogP contribution is 2.12. The van der Waals surface area contributed by atoms with E-state index in [1.165, 1.54) is 0 Å². The Balaban J connectivity index is 1.94. The van der Waals surface area contributed by atoms with Crippen molar-refractivity contribution in [3.05, 3.63) is 36.2 Å². The molecule has 106 valence electrons. The number of carbonyl (C=O) groups is 1. The Labute approximate surface area is 119 Å². The summed E-state index contributed by atoms with van der Waals surface area (Å²) in [6, 6.07) is 4.09. The molecule has 2 rings (SSSR count). The number of likely N-dealkylation sites (N-methyl/N-ethyl adjacent to an activating group) is 1. The summed E-state index contributed by atoms with van der Waals surface area (Å²) in [7, 11) is 1.90. The van der Waals surface area contributed by atoms with Gasteiger partial charge < -0.3 is 10.2 Å². The number of aliphatic imine (C=N–C) groups is 1. The number of amidine groups is 1. The third-order valence-electron chi connectivity index (χ3n) is 3.01. The molecule has 1 aromatic heterocycles. The van der Waals surface area contributed by atoms with Gasteiger partial charge in [-0.15, -0.1) is 0 Å². The van der Waals surface area contributed by atoms with Gasteiger partial charge in [0.2, 0.25) is 0 Å². The van der Waals surface area contributed by atoms with Crippen molar-refractivity contribution < 1.29 is 4.79 Å². The zero-order valence-corrected chi connectivity index (χ0v) is 12.1. The average Bonchev–Trinajstić information content (AvgIpc) is 2.87. The lowest BCUT2D eigenvalue weighted by Crippen LogP contribution is -2.28. The van der Waals surface area contributed by atoms with E-state index >= 15 is 0 Å². The summed E-state index contributed by atoms with van der Waals surface area (Å²) in [5.74, 6) is 0.906. The molecule has 1 aliphatic rings. The van der Waals surface area contributed by atoms with Crippen LogP contribution in [0.2, 0.25) is 0 Å². The number of hydrogen-bond acceptors (Lipinski definition) is 5. The Morgan fingerprint density at radius 2 is 2.10 bits per heavy atom. The van der Waals surface area contributed by atoms with E-state index < -0.39 is 0 Å². The molecule has 0 atom stereocenters. The zero-order valence-electron chi connectivity index (χ0n) is 12.1. The topological polar surface area (TPSA) is 57.6 Å². The van der Waals surface area contributed by atoms with Crippen LogP contribution in [-0.2, 0) is 4.79 Å². The van der Waals surface area contributed by atoms with Crippen LogP contribution in [0.4, 0.5) is 5.69 Å². The fourth-order valence-electron chi connectivity index (χ4n) is 1.99. The van der Waals surface area contributed by atoms with E-state index in [1.807, 2.05) is 44.0 Å². The number of Topliss-reactive ketones (excluding diaryl/α,β-unsaturated/α-hetero) is 1. The van der Waals surface area contributed by atoms with Crippen molar-refractivity contribution in [3.63, 3.8) is 0 Å². The largest absolute Gasteiger partial charge is 0.368 e. The molecule has 0 fully saturated rings. The molecule has 0 amide bonds. The van der Waals surface area contributed by atoms with Crippen LogP contribution < -0.4 is 10.2 Å². The molecule has 1 aromatic rings. The molecular weight excluding hydrogens is 252 g/mol. The Kier molecular flexibility index (Phi) is 4.50. The number of rotatable bonds is 5. The number of nitrogens with zero attached hydrogens (tertiary/aromatic N) is 3. The lowest BCUT2D eigenvalue weighted by molar-refractivity contribution is -0.114. The first-order valence-corrected chi connectivity index (χ1v) is 6.72. The molecule has 0 aromatic carbocycles. The van der Waals surface area contributed by atoms with Crippen LogP contribution in [0.1, 0.15) is 13.8 Å².